The molecule has 1 aromatic rings. The summed E-state index contributed by atoms with van der Waals surface area (Å²) >= 11 is 0. The molecule has 0 saturated heterocycles. The summed E-state index contributed by atoms with van der Waals surface area (Å²) in [6, 6.07) is 4.14. The van der Waals surface area contributed by atoms with Crippen molar-refractivity contribution in [2.45, 2.75) is 32.6 Å². The first kappa shape index (κ1) is 11.0. The summed E-state index contributed by atoms with van der Waals surface area (Å²) in [7, 11) is 0. The molecule has 0 radical (unpaired) electrons. The first-order chi connectivity index (χ1) is 7.59. The lowest BCUT2D eigenvalue weighted by Gasteiger charge is -2.27. The first-order valence-corrected chi connectivity index (χ1v) is 5.61. The van der Waals surface area contributed by atoms with Crippen LogP contribution in [0, 0.1) is 13.8 Å². The Morgan fingerprint density at radius 3 is 2.94 bits per heavy atom. The van der Waals surface area contributed by atoms with Gasteiger partial charge in [0.2, 0.25) is 5.91 Å². The number of aryl methyl sites for hydroxylation is 1. The Balaban J connectivity index is 2.39. The molecule has 1 aromatic carbocycles. The van der Waals surface area contributed by atoms with Crippen LogP contribution in [0.2, 0.25) is 0 Å². The van der Waals surface area contributed by atoms with Gasteiger partial charge < -0.3 is 10.5 Å². The number of fused-ring (bicyclic) bond motifs is 1. The largest absolute Gasteiger partial charge is 0.493 e. The van der Waals surface area contributed by atoms with E-state index in [1.807, 2.05) is 0 Å². The number of carbonyl (C=O) groups is 1. The van der Waals surface area contributed by atoms with E-state index >= 15 is 0 Å². The van der Waals surface area contributed by atoms with Crippen molar-refractivity contribution in [2.75, 3.05) is 6.61 Å². The molecule has 1 aliphatic rings. The van der Waals surface area contributed by atoms with Crippen LogP contribution in [0.5, 0.6) is 5.75 Å². The number of ether oxygens (including phenoxy) is 1. The number of amides is 1. The molecule has 16 heavy (non-hydrogen) atoms. The summed E-state index contributed by atoms with van der Waals surface area (Å²) in [4.78, 5) is 11.0. The van der Waals surface area contributed by atoms with Crippen molar-refractivity contribution in [1.29, 1.82) is 0 Å². The summed E-state index contributed by atoms with van der Waals surface area (Å²) in [5, 5.41) is 0. The smallest absolute Gasteiger partial charge is 0.218 e. The normalized spacial score (nSPS) is 18.8. The Hall–Kier alpha value is -1.51. The Morgan fingerprint density at radius 1 is 1.50 bits per heavy atom. The van der Waals surface area contributed by atoms with Crippen LogP contribution < -0.4 is 10.5 Å². The molecule has 2 N–H and O–H groups in total. The van der Waals surface area contributed by atoms with Crippen molar-refractivity contribution in [1.82, 2.24) is 0 Å². The topological polar surface area (TPSA) is 52.3 Å². The van der Waals surface area contributed by atoms with Gasteiger partial charge in [-0.15, -0.1) is 0 Å². The average Bonchev–Trinajstić information content (AvgIpc) is 2.23. The van der Waals surface area contributed by atoms with Crippen molar-refractivity contribution in [2.24, 2.45) is 5.73 Å². The molecule has 2 rings (SSSR count). The second kappa shape index (κ2) is 4.16. The molecular formula is C13H17NO2. The second-order valence-corrected chi connectivity index (χ2v) is 4.43. The third-order valence-corrected chi connectivity index (χ3v) is 3.31. The summed E-state index contributed by atoms with van der Waals surface area (Å²) in [6.45, 7) is 4.80. The standard InChI is InChI=1S/C13H17NO2/c1-8-3-4-11-10(7-12(14)15)5-6-16-13(11)9(8)2/h3-4,10H,5-7H2,1-2H3,(H2,14,15). The van der Waals surface area contributed by atoms with E-state index in [4.69, 9.17) is 10.5 Å². The van der Waals surface area contributed by atoms with Crippen molar-refractivity contribution >= 4 is 5.91 Å². The van der Waals surface area contributed by atoms with Gasteiger partial charge in [0.25, 0.3) is 0 Å². The van der Waals surface area contributed by atoms with E-state index in [0.29, 0.717) is 13.0 Å². The fourth-order valence-corrected chi connectivity index (χ4v) is 2.24. The molecule has 3 heteroatoms. The van der Waals surface area contributed by atoms with Crippen LogP contribution in [0.4, 0.5) is 0 Å². The van der Waals surface area contributed by atoms with E-state index in [2.05, 4.69) is 26.0 Å². The second-order valence-electron chi connectivity index (χ2n) is 4.43. The van der Waals surface area contributed by atoms with Gasteiger partial charge >= 0.3 is 0 Å². The predicted octanol–water partition coefficient (Wildman–Crippen LogP) is 2.04. The van der Waals surface area contributed by atoms with Gasteiger partial charge in [-0.25, -0.2) is 0 Å². The highest BCUT2D eigenvalue weighted by Gasteiger charge is 2.24. The summed E-state index contributed by atoms with van der Waals surface area (Å²) in [5.74, 6) is 0.939. The molecule has 86 valence electrons. The van der Waals surface area contributed by atoms with Crippen molar-refractivity contribution in [3.05, 3.63) is 28.8 Å². The van der Waals surface area contributed by atoms with E-state index in [-0.39, 0.29) is 11.8 Å². The lowest BCUT2D eigenvalue weighted by molar-refractivity contribution is -0.118. The number of carbonyl (C=O) groups excluding carboxylic acids is 1. The van der Waals surface area contributed by atoms with Gasteiger partial charge in [-0.2, -0.15) is 0 Å². The highest BCUT2D eigenvalue weighted by molar-refractivity contribution is 5.75. The highest BCUT2D eigenvalue weighted by Crippen LogP contribution is 2.38. The predicted molar refractivity (Wildman–Crippen MR) is 62.6 cm³/mol. The highest BCUT2D eigenvalue weighted by atomic mass is 16.5. The average molecular weight is 219 g/mol. The molecule has 1 amide bonds. The van der Waals surface area contributed by atoms with Crippen molar-refractivity contribution < 1.29 is 9.53 Å². The zero-order chi connectivity index (χ0) is 11.7. The zero-order valence-corrected chi connectivity index (χ0v) is 9.75. The molecular weight excluding hydrogens is 202 g/mol. The van der Waals surface area contributed by atoms with Gasteiger partial charge in [0.05, 0.1) is 6.61 Å². The molecule has 0 saturated carbocycles. The van der Waals surface area contributed by atoms with Crippen LogP contribution in [0.3, 0.4) is 0 Å². The maximum atomic E-state index is 11.0. The van der Waals surface area contributed by atoms with Crippen LogP contribution >= 0.6 is 0 Å². The number of rotatable bonds is 2. The molecule has 0 aliphatic carbocycles. The molecule has 0 aromatic heterocycles. The lowest BCUT2D eigenvalue weighted by Crippen LogP contribution is -2.21. The molecule has 1 heterocycles. The number of primary amides is 1. The molecule has 0 fully saturated rings. The van der Waals surface area contributed by atoms with Crippen LogP contribution in [0.1, 0.15) is 35.4 Å². The third-order valence-electron chi connectivity index (χ3n) is 3.31. The fraction of sp³-hybridized carbons (Fsp3) is 0.462. The minimum Gasteiger partial charge on any atom is -0.493 e. The van der Waals surface area contributed by atoms with Gasteiger partial charge in [-0.05, 0) is 42.9 Å². The molecule has 3 nitrogen and oxygen atoms in total. The number of nitrogens with two attached hydrogens (primary N) is 1. The van der Waals surface area contributed by atoms with E-state index in [9.17, 15) is 4.79 Å². The molecule has 1 unspecified atom stereocenters. The summed E-state index contributed by atoms with van der Waals surface area (Å²) < 4.78 is 5.69. The van der Waals surface area contributed by atoms with Gasteiger partial charge in [0.1, 0.15) is 5.75 Å². The monoisotopic (exact) mass is 219 g/mol. The number of hydrogen-bond donors (Lipinski definition) is 1. The van der Waals surface area contributed by atoms with Gasteiger partial charge in [-0.1, -0.05) is 12.1 Å². The van der Waals surface area contributed by atoms with Gasteiger partial charge in [-0.3, -0.25) is 4.79 Å². The SMILES string of the molecule is Cc1ccc2c(c1C)OCCC2CC(N)=O. The Bertz CT molecular complexity index is 426. The van der Waals surface area contributed by atoms with Crippen molar-refractivity contribution in [3.8, 4) is 5.75 Å². The Morgan fingerprint density at radius 2 is 2.25 bits per heavy atom. The minimum atomic E-state index is -0.240. The molecule has 0 bridgehead atoms. The fourth-order valence-electron chi connectivity index (χ4n) is 2.24. The quantitative estimate of drug-likeness (QED) is 0.827. The molecule has 1 atom stereocenters. The van der Waals surface area contributed by atoms with E-state index in [0.717, 1.165) is 17.7 Å². The summed E-state index contributed by atoms with van der Waals surface area (Å²) in [5.41, 5.74) is 8.79. The molecule has 0 spiro atoms. The van der Waals surface area contributed by atoms with Gasteiger partial charge in [0, 0.05) is 6.42 Å². The first-order valence-electron chi connectivity index (χ1n) is 5.61. The number of benzene rings is 1. The zero-order valence-electron chi connectivity index (χ0n) is 9.75. The van der Waals surface area contributed by atoms with Gasteiger partial charge in [0.15, 0.2) is 0 Å². The van der Waals surface area contributed by atoms with Crippen molar-refractivity contribution in [3.63, 3.8) is 0 Å². The Labute approximate surface area is 95.6 Å². The van der Waals surface area contributed by atoms with E-state index < -0.39 is 0 Å². The maximum Gasteiger partial charge on any atom is 0.218 e. The Kier molecular flexibility index (Phi) is 2.86. The van der Waals surface area contributed by atoms with E-state index in [1.54, 1.807) is 0 Å². The molecule has 1 aliphatic heterocycles. The van der Waals surface area contributed by atoms with Crippen LogP contribution in [-0.2, 0) is 4.79 Å². The van der Waals surface area contributed by atoms with Crippen LogP contribution in [0.25, 0.3) is 0 Å². The lowest BCUT2D eigenvalue weighted by atomic mass is 9.87. The van der Waals surface area contributed by atoms with E-state index in [1.165, 1.54) is 11.1 Å². The minimum absolute atomic E-state index is 0.223. The third kappa shape index (κ3) is 1.90. The summed E-state index contributed by atoms with van der Waals surface area (Å²) in [6.07, 6.45) is 1.29. The number of hydrogen-bond acceptors (Lipinski definition) is 2. The van der Waals surface area contributed by atoms with Crippen LogP contribution in [0.15, 0.2) is 12.1 Å². The maximum absolute atomic E-state index is 11.0. The van der Waals surface area contributed by atoms with Crippen LogP contribution in [-0.4, -0.2) is 12.5 Å².